The summed E-state index contributed by atoms with van der Waals surface area (Å²) in [6.07, 6.45) is 1.04. The van der Waals surface area contributed by atoms with Crippen LogP contribution in [0.25, 0.3) is 0 Å². The van der Waals surface area contributed by atoms with E-state index in [1.54, 1.807) is 49.4 Å². The molecule has 11 heteroatoms. The summed E-state index contributed by atoms with van der Waals surface area (Å²) in [6, 6.07) is 18.9. The standard InChI is InChI=1S/C28H30FN3O6S/c1-20(28(34)30-15-23-10-13-25-26(14-23)38-19-37-25)32(17-22-8-11-24(29)12-9-22)27(33)18-31(39(2,35)36)16-21-6-4-3-5-7-21/h3-14,20H,15-19H2,1-2H3,(H,30,34). The fourth-order valence-corrected chi connectivity index (χ4v) is 4.80. The molecule has 1 aliphatic rings. The Morgan fingerprint density at radius 1 is 0.923 bits per heavy atom. The third kappa shape index (κ3) is 7.55. The SMILES string of the molecule is CC(C(=O)NCc1ccc2c(c1)OCO2)N(Cc1ccc(F)cc1)C(=O)CN(Cc1ccccc1)S(C)(=O)=O. The van der Waals surface area contributed by atoms with E-state index in [0.29, 0.717) is 17.1 Å². The minimum absolute atomic E-state index is 0.000489. The van der Waals surface area contributed by atoms with E-state index < -0.39 is 40.2 Å². The Labute approximate surface area is 227 Å². The normalized spacial score (nSPS) is 13.2. The summed E-state index contributed by atoms with van der Waals surface area (Å²) < 4.78 is 50.3. The molecule has 1 atom stereocenters. The Bertz CT molecular complexity index is 1420. The zero-order valence-electron chi connectivity index (χ0n) is 21.7. The van der Waals surface area contributed by atoms with Gasteiger partial charge in [-0.3, -0.25) is 9.59 Å². The van der Waals surface area contributed by atoms with Crippen molar-refractivity contribution in [1.82, 2.24) is 14.5 Å². The summed E-state index contributed by atoms with van der Waals surface area (Å²) in [7, 11) is -3.75. The van der Waals surface area contributed by atoms with Gasteiger partial charge in [0.15, 0.2) is 11.5 Å². The maximum absolute atomic E-state index is 13.5. The minimum atomic E-state index is -3.75. The zero-order valence-corrected chi connectivity index (χ0v) is 22.5. The van der Waals surface area contributed by atoms with E-state index in [0.717, 1.165) is 21.7 Å². The number of fused-ring (bicyclic) bond motifs is 1. The molecule has 1 aliphatic heterocycles. The third-order valence-electron chi connectivity index (χ3n) is 6.32. The van der Waals surface area contributed by atoms with E-state index in [-0.39, 0.29) is 26.4 Å². The average molecular weight is 556 g/mol. The summed E-state index contributed by atoms with van der Waals surface area (Å²) in [5.41, 5.74) is 2.09. The van der Waals surface area contributed by atoms with Crippen LogP contribution in [0.5, 0.6) is 11.5 Å². The van der Waals surface area contributed by atoms with Gasteiger partial charge in [-0.25, -0.2) is 12.8 Å². The van der Waals surface area contributed by atoms with Gasteiger partial charge in [-0.05, 0) is 47.9 Å². The van der Waals surface area contributed by atoms with Crippen LogP contribution >= 0.6 is 0 Å². The Hall–Kier alpha value is -3.96. The first-order valence-electron chi connectivity index (χ1n) is 12.3. The van der Waals surface area contributed by atoms with Crippen LogP contribution in [0, 0.1) is 5.82 Å². The number of ether oxygens (including phenoxy) is 2. The maximum atomic E-state index is 13.5. The topological polar surface area (TPSA) is 105 Å². The monoisotopic (exact) mass is 555 g/mol. The van der Waals surface area contributed by atoms with Gasteiger partial charge in [-0.1, -0.05) is 48.5 Å². The van der Waals surface area contributed by atoms with Crippen LogP contribution in [-0.2, 0) is 39.2 Å². The molecule has 39 heavy (non-hydrogen) atoms. The first-order chi connectivity index (χ1) is 18.6. The van der Waals surface area contributed by atoms with Crippen molar-refractivity contribution in [1.29, 1.82) is 0 Å². The quantitative estimate of drug-likeness (QED) is 0.390. The highest BCUT2D eigenvalue weighted by Gasteiger charge is 2.30. The Kier molecular flexibility index (Phi) is 8.82. The number of rotatable bonds is 11. The predicted molar refractivity (Wildman–Crippen MR) is 143 cm³/mol. The van der Waals surface area contributed by atoms with Crippen LogP contribution in [0.3, 0.4) is 0 Å². The van der Waals surface area contributed by atoms with Crippen molar-refractivity contribution in [2.75, 3.05) is 19.6 Å². The number of benzene rings is 3. The molecule has 9 nitrogen and oxygen atoms in total. The van der Waals surface area contributed by atoms with Gasteiger partial charge >= 0.3 is 0 Å². The fourth-order valence-electron chi connectivity index (χ4n) is 4.08. The lowest BCUT2D eigenvalue weighted by atomic mass is 10.1. The third-order valence-corrected chi connectivity index (χ3v) is 7.52. The fraction of sp³-hybridized carbons (Fsp3) is 0.286. The average Bonchev–Trinajstić information content (AvgIpc) is 3.38. The molecule has 1 heterocycles. The molecule has 0 aromatic heterocycles. The van der Waals surface area contributed by atoms with Crippen LogP contribution in [0.2, 0.25) is 0 Å². The smallest absolute Gasteiger partial charge is 0.242 e. The van der Waals surface area contributed by atoms with Crippen molar-refractivity contribution >= 4 is 21.8 Å². The molecule has 2 amide bonds. The van der Waals surface area contributed by atoms with E-state index in [2.05, 4.69) is 5.32 Å². The number of nitrogens with zero attached hydrogens (tertiary/aromatic N) is 2. The van der Waals surface area contributed by atoms with Crippen molar-refractivity contribution in [2.45, 2.75) is 32.6 Å². The van der Waals surface area contributed by atoms with Crippen molar-refractivity contribution < 1.29 is 31.9 Å². The van der Waals surface area contributed by atoms with Crippen molar-refractivity contribution in [3.8, 4) is 11.5 Å². The molecule has 3 aromatic carbocycles. The molecule has 4 rings (SSSR count). The van der Waals surface area contributed by atoms with Gasteiger partial charge in [0.2, 0.25) is 28.6 Å². The van der Waals surface area contributed by atoms with Crippen molar-refractivity contribution in [3.05, 3.63) is 95.3 Å². The Morgan fingerprint density at radius 3 is 2.26 bits per heavy atom. The number of halogens is 1. The molecular formula is C28H30FN3O6S. The summed E-state index contributed by atoms with van der Waals surface area (Å²) in [4.78, 5) is 28.0. The summed E-state index contributed by atoms with van der Waals surface area (Å²) in [6.45, 7) is 1.41. The van der Waals surface area contributed by atoms with Gasteiger partial charge in [0.25, 0.3) is 0 Å². The molecule has 206 valence electrons. The van der Waals surface area contributed by atoms with Crippen LogP contribution in [0.4, 0.5) is 4.39 Å². The number of hydrogen-bond acceptors (Lipinski definition) is 6. The molecule has 1 unspecified atom stereocenters. The van der Waals surface area contributed by atoms with Crippen LogP contribution in [0.15, 0.2) is 72.8 Å². The van der Waals surface area contributed by atoms with Gasteiger partial charge in [-0.15, -0.1) is 0 Å². The second-order valence-corrected chi connectivity index (χ2v) is 11.2. The molecule has 0 radical (unpaired) electrons. The summed E-state index contributed by atoms with van der Waals surface area (Å²) in [5, 5.41) is 2.82. The second-order valence-electron chi connectivity index (χ2n) is 9.25. The number of carbonyl (C=O) groups excluding carboxylic acids is 2. The van der Waals surface area contributed by atoms with Gasteiger partial charge in [0.05, 0.1) is 12.8 Å². The summed E-state index contributed by atoms with van der Waals surface area (Å²) in [5.74, 6) is -0.219. The predicted octanol–water partition coefficient (Wildman–Crippen LogP) is 3.05. The zero-order chi connectivity index (χ0) is 28.0. The number of amides is 2. The van der Waals surface area contributed by atoms with Gasteiger partial charge in [0.1, 0.15) is 11.9 Å². The van der Waals surface area contributed by atoms with Crippen LogP contribution < -0.4 is 14.8 Å². The van der Waals surface area contributed by atoms with Crippen molar-refractivity contribution in [2.24, 2.45) is 0 Å². The highest BCUT2D eigenvalue weighted by molar-refractivity contribution is 7.88. The van der Waals surface area contributed by atoms with Gasteiger partial charge in [-0.2, -0.15) is 4.31 Å². The number of sulfonamides is 1. The van der Waals surface area contributed by atoms with Crippen LogP contribution in [-0.4, -0.2) is 55.1 Å². The molecule has 0 saturated carbocycles. The lowest BCUT2D eigenvalue weighted by Crippen LogP contribution is -2.50. The first kappa shape index (κ1) is 28.1. The highest BCUT2D eigenvalue weighted by atomic mass is 32.2. The van der Waals surface area contributed by atoms with Crippen LogP contribution in [0.1, 0.15) is 23.6 Å². The van der Waals surface area contributed by atoms with E-state index in [4.69, 9.17) is 9.47 Å². The molecule has 3 aromatic rings. The van der Waals surface area contributed by atoms with E-state index in [1.807, 2.05) is 6.07 Å². The number of nitrogens with one attached hydrogen (secondary N) is 1. The van der Waals surface area contributed by atoms with E-state index in [1.165, 1.54) is 29.2 Å². The highest BCUT2D eigenvalue weighted by Crippen LogP contribution is 2.32. The molecule has 0 spiro atoms. The maximum Gasteiger partial charge on any atom is 0.242 e. The second kappa shape index (κ2) is 12.3. The van der Waals surface area contributed by atoms with Gasteiger partial charge in [0, 0.05) is 19.6 Å². The number of carbonyl (C=O) groups is 2. The molecule has 0 aliphatic carbocycles. The van der Waals surface area contributed by atoms with E-state index in [9.17, 15) is 22.4 Å². The molecule has 0 bridgehead atoms. The molecular weight excluding hydrogens is 525 g/mol. The Morgan fingerprint density at radius 2 is 1.56 bits per heavy atom. The largest absolute Gasteiger partial charge is 0.454 e. The summed E-state index contributed by atoms with van der Waals surface area (Å²) >= 11 is 0. The lowest BCUT2D eigenvalue weighted by molar-refractivity contribution is -0.140. The lowest BCUT2D eigenvalue weighted by Gasteiger charge is -2.31. The minimum Gasteiger partial charge on any atom is -0.454 e. The van der Waals surface area contributed by atoms with E-state index >= 15 is 0 Å². The van der Waals surface area contributed by atoms with Crippen molar-refractivity contribution in [3.63, 3.8) is 0 Å². The first-order valence-corrected chi connectivity index (χ1v) is 14.1. The Balaban J connectivity index is 1.50. The van der Waals surface area contributed by atoms with Gasteiger partial charge < -0.3 is 19.7 Å². The molecule has 0 saturated heterocycles. The molecule has 0 fully saturated rings. The number of hydrogen-bond donors (Lipinski definition) is 1. The molecule has 1 N–H and O–H groups in total.